The number of nitrogens with one attached hydrogen (secondary N) is 6. The summed E-state index contributed by atoms with van der Waals surface area (Å²) in [5.41, 5.74) is 11.5. The van der Waals surface area contributed by atoms with Gasteiger partial charge in [-0.3, -0.25) is 38.9 Å². The average molecular weight is 1090 g/mol. The summed E-state index contributed by atoms with van der Waals surface area (Å²) in [6, 6.07) is -6.40. The topological polar surface area (TPSA) is 412 Å². The van der Waals surface area contributed by atoms with E-state index in [0.717, 1.165) is 55.2 Å². The predicted octanol–water partition coefficient (Wildman–Crippen LogP) is -3.31. The van der Waals surface area contributed by atoms with Crippen LogP contribution in [-0.2, 0) is 33.6 Å². The number of aliphatic hydroxyl groups is 7. The number of rotatable bonds is 23. The minimum Gasteiger partial charge on any atom is -0.508 e. The number of hydrogen-bond donors (Lipinski definition) is 16. The summed E-state index contributed by atoms with van der Waals surface area (Å²) in [5.74, 6) is -6.43. The maximum absolute atomic E-state index is 14.6. The zero-order valence-corrected chi connectivity index (χ0v) is 45.0. The lowest BCUT2D eigenvalue weighted by molar-refractivity contribution is -0.148. The Kier molecular flexibility index (Phi) is 26.4. The van der Waals surface area contributed by atoms with Gasteiger partial charge in [0.05, 0.1) is 30.5 Å². The fourth-order valence-electron chi connectivity index (χ4n) is 10.2. The van der Waals surface area contributed by atoms with Crippen molar-refractivity contribution in [1.82, 2.24) is 41.7 Å². The molecule has 0 radical (unpaired) electrons. The van der Waals surface area contributed by atoms with Crippen LogP contribution in [0.2, 0.25) is 0 Å². The number of carbonyl (C=O) groups excluding carboxylic acids is 7. The Morgan fingerprint density at radius 3 is 1.97 bits per heavy atom. The molecule has 0 aromatic heterocycles. The molecule has 25 heteroatoms. The molecule has 436 valence electrons. The second-order valence-corrected chi connectivity index (χ2v) is 21.3. The number of nitrogens with two attached hydrogens (primary N) is 2. The molecule has 7 amide bonds. The minimum atomic E-state index is -2.28. The van der Waals surface area contributed by atoms with Crippen molar-refractivity contribution in [3.8, 4) is 5.75 Å². The molecule has 0 aliphatic carbocycles. The van der Waals surface area contributed by atoms with E-state index in [1.807, 2.05) is 0 Å². The molecule has 3 fully saturated rings. The first-order valence-electron chi connectivity index (χ1n) is 27.3. The number of unbranched alkanes of at least 4 members (excludes halogenated alkanes) is 5. The van der Waals surface area contributed by atoms with Crippen LogP contribution in [0.3, 0.4) is 0 Å². The van der Waals surface area contributed by atoms with Gasteiger partial charge in [-0.15, -0.1) is 0 Å². The first-order valence-corrected chi connectivity index (χ1v) is 27.3. The summed E-state index contributed by atoms with van der Waals surface area (Å²) in [6.45, 7) is 6.73. The third kappa shape index (κ3) is 18.8. The normalized spacial score (nSPS) is 28.6. The monoisotopic (exact) mass is 1090 g/mol. The summed E-state index contributed by atoms with van der Waals surface area (Å²) >= 11 is 0. The van der Waals surface area contributed by atoms with E-state index in [9.17, 15) is 74.4 Å². The highest BCUT2D eigenvalue weighted by Gasteiger charge is 2.49. The van der Waals surface area contributed by atoms with Gasteiger partial charge in [0.15, 0.2) is 0 Å². The highest BCUT2D eigenvalue weighted by atomic mass is 16.3. The molecule has 0 saturated carbocycles. The summed E-state index contributed by atoms with van der Waals surface area (Å²) in [6.07, 6.45) is -6.95. The van der Waals surface area contributed by atoms with Crippen LogP contribution in [0, 0.1) is 11.8 Å². The van der Waals surface area contributed by atoms with Gasteiger partial charge in [0.1, 0.15) is 60.4 Å². The second kappa shape index (κ2) is 31.5. The lowest BCUT2D eigenvalue weighted by atomic mass is 9.91. The molecule has 16 atom stereocenters. The Morgan fingerprint density at radius 2 is 1.34 bits per heavy atom. The van der Waals surface area contributed by atoms with Crippen molar-refractivity contribution in [3.63, 3.8) is 0 Å². The van der Waals surface area contributed by atoms with Crippen LogP contribution < -0.4 is 43.4 Å². The molecule has 7 unspecified atom stereocenters. The van der Waals surface area contributed by atoms with E-state index in [1.54, 1.807) is 0 Å². The van der Waals surface area contributed by atoms with E-state index >= 15 is 0 Å². The van der Waals surface area contributed by atoms with Crippen LogP contribution >= 0.6 is 0 Å². The molecule has 3 saturated heterocycles. The van der Waals surface area contributed by atoms with Crippen molar-refractivity contribution in [3.05, 3.63) is 29.8 Å². The van der Waals surface area contributed by atoms with Gasteiger partial charge >= 0.3 is 0 Å². The summed E-state index contributed by atoms with van der Waals surface area (Å²) < 4.78 is 0. The SMILES string of the molecule is CCC(C)CC(C)CCCCCCCCC(=O)NC1C[C@@H](O)C(NCCN)NC(=O)[C@@H]2[C@@H](O)CCN2C(=O)C([C@H](O)CCN)NC(=O)[C@H]([C@H](O)[C@@H](O)c2ccc(O)cc2)NC(=O)C2C[C@@H](O)CN2C(=O)C([C@@H](C)O)NC1=O. The van der Waals surface area contributed by atoms with Gasteiger partial charge in [-0.1, -0.05) is 77.8 Å². The van der Waals surface area contributed by atoms with Gasteiger partial charge in [0, 0.05) is 45.4 Å². The number of fused-ring (bicyclic) bond motifs is 2. The van der Waals surface area contributed by atoms with Crippen LogP contribution in [0.4, 0.5) is 0 Å². The van der Waals surface area contributed by atoms with E-state index in [-0.39, 0.29) is 56.8 Å². The number of phenolic OH excluding ortho intramolecular Hbond substituents is 1. The Balaban J connectivity index is 1.73. The zero-order chi connectivity index (χ0) is 57.1. The largest absolute Gasteiger partial charge is 0.508 e. The number of nitrogens with zero attached hydrogens (tertiary/aromatic N) is 2. The Hall–Kier alpha value is -5.09. The van der Waals surface area contributed by atoms with Gasteiger partial charge in [0.25, 0.3) is 0 Å². The van der Waals surface area contributed by atoms with Gasteiger partial charge in [0.2, 0.25) is 41.4 Å². The molecule has 0 spiro atoms. The van der Waals surface area contributed by atoms with E-state index in [2.05, 4.69) is 52.7 Å². The van der Waals surface area contributed by atoms with Gasteiger partial charge in [-0.25, -0.2) is 0 Å². The molecule has 3 heterocycles. The highest BCUT2D eigenvalue weighted by molar-refractivity contribution is 5.98. The quantitative estimate of drug-likeness (QED) is 0.0477. The van der Waals surface area contributed by atoms with Crippen molar-refractivity contribution in [2.45, 2.75) is 203 Å². The molecular weight excluding hydrogens is 1000 g/mol. The molecule has 3 aliphatic rings. The van der Waals surface area contributed by atoms with Crippen LogP contribution in [0.5, 0.6) is 5.75 Å². The van der Waals surface area contributed by atoms with Crippen LogP contribution in [0.25, 0.3) is 0 Å². The first-order chi connectivity index (χ1) is 36.5. The molecule has 77 heavy (non-hydrogen) atoms. The summed E-state index contributed by atoms with van der Waals surface area (Å²) in [4.78, 5) is 102. The molecule has 0 bridgehead atoms. The average Bonchev–Trinajstić information content (AvgIpc) is 3.99. The number of hydrogen-bond acceptors (Lipinski definition) is 18. The molecule has 18 N–H and O–H groups in total. The van der Waals surface area contributed by atoms with Gasteiger partial charge < -0.3 is 88.7 Å². The maximum Gasteiger partial charge on any atom is 0.248 e. The standard InChI is InChI=1S/C52H88N10O15/c1-5-28(2)24-29(3)12-10-8-6-7-9-11-13-39(69)56-34-26-38(68)46(55-22-21-54)60-50(75)43-37(67)19-23-61(43)52(77)41(36(66)18-20-53)58-49(74)42(45(71)44(70)31-14-16-32(64)17-15-31)59-48(73)35-25-33(65)27-62(35)51(76)40(30(4)63)57-47(34)72/h14-17,28-30,33-38,40-46,55,63-68,70-71H,5-13,18-27,53-54H2,1-4H3,(H,56,69)(H,57,72)(H,58,74)(H,59,73)(H,60,75)/t28?,29?,30-,33-,34?,35?,36-,37+,38-,40?,41?,42+,43+,44+,45+,46?/m1/s1. The Bertz CT molecular complexity index is 2070. The number of phenols is 1. The highest BCUT2D eigenvalue weighted by Crippen LogP contribution is 2.27. The number of aromatic hydroxyl groups is 1. The maximum atomic E-state index is 14.6. The molecule has 3 aliphatic heterocycles. The van der Waals surface area contributed by atoms with Crippen molar-refractivity contribution < 1.29 is 74.4 Å². The van der Waals surface area contributed by atoms with Gasteiger partial charge in [-0.2, -0.15) is 0 Å². The molecule has 25 nitrogen and oxygen atoms in total. The Labute approximate surface area is 450 Å². The lowest BCUT2D eigenvalue weighted by Crippen LogP contribution is -2.65. The fraction of sp³-hybridized carbons (Fsp3) is 0.750. The zero-order valence-electron chi connectivity index (χ0n) is 45.0. The van der Waals surface area contributed by atoms with Crippen molar-refractivity contribution in [2.75, 3.05) is 32.7 Å². The second-order valence-electron chi connectivity index (χ2n) is 21.3. The summed E-state index contributed by atoms with van der Waals surface area (Å²) in [5, 5.41) is 104. The van der Waals surface area contributed by atoms with E-state index in [0.29, 0.717) is 24.7 Å². The molecule has 1 aromatic carbocycles. The molecular formula is C52H88N10O15. The van der Waals surface area contributed by atoms with Crippen LogP contribution in [0.1, 0.15) is 129 Å². The third-order valence-corrected chi connectivity index (χ3v) is 14.9. The molecule has 4 rings (SSSR count). The number of carbonyl (C=O) groups is 7. The smallest absolute Gasteiger partial charge is 0.248 e. The van der Waals surface area contributed by atoms with Crippen LogP contribution in [-0.4, -0.2) is 204 Å². The third-order valence-electron chi connectivity index (χ3n) is 14.9. The van der Waals surface area contributed by atoms with E-state index in [4.69, 9.17) is 11.5 Å². The minimum absolute atomic E-state index is 0.0257. The number of amides is 7. The first kappa shape index (κ1) is 64.4. The predicted molar refractivity (Wildman–Crippen MR) is 280 cm³/mol. The fourth-order valence-corrected chi connectivity index (χ4v) is 10.2. The van der Waals surface area contributed by atoms with Crippen LogP contribution in [0.15, 0.2) is 24.3 Å². The number of aliphatic hydroxyl groups excluding tert-OH is 7. The van der Waals surface area contributed by atoms with Crippen molar-refractivity contribution >= 4 is 41.4 Å². The Morgan fingerprint density at radius 1 is 0.714 bits per heavy atom. The lowest BCUT2D eigenvalue weighted by Gasteiger charge is -2.35. The molecule has 1 aromatic rings. The van der Waals surface area contributed by atoms with E-state index in [1.165, 1.54) is 30.7 Å². The van der Waals surface area contributed by atoms with Gasteiger partial charge in [-0.05, 0) is 68.7 Å². The number of benzene rings is 1. The summed E-state index contributed by atoms with van der Waals surface area (Å²) in [7, 11) is 0. The van der Waals surface area contributed by atoms with Crippen molar-refractivity contribution in [1.29, 1.82) is 0 Å². The van der Waals surface area contributed by atoms with Crippen molar-refractivity contribution in [2.24, 2.45) is 23.3 Å². The van der Waals surface area contributed by atoms with E-state index < -0.39 is 146 Å².